The second-order valence-corrected chi connectivity index (χ2v) is 5.39. The standard InChI is InChI=1S/C13H17ClN2O3/c14-10-6-9(12(17)18)7-11(16-10)15-8-13(19)4-2-1-3-5-13/h6-7,19H,1-5,8H2,(H,15,16)(H,17,18). The van der Waals surface area contributed by atoms with Crippen LogP contribution in [0.3, 0.4) is 0 Å². The summed E-state index contributed by atoms with van der Waals surface area (Å²) in [5.74, 6) is -0.673. The topological polar surface area (TPSA) is 82.5 Å². The number of aromatic carboxylic acids is 1. The van der Waals surface area contributed by atoms with Gasteiger partial charge in [-0.25, -0.2) is 9.78 Å². The molecular weight excluding hydrogens is 268 g/mol. The summed E-state index contributed by atoms with van der Waals surface area (Å²) in [4.78, 5) is 14.9. The molecule has 5 nitrogen and oxygen atoms in total. The van der Waals surface area contributed by atoms with E-state index < -0.39 is 11.6 Å². The maximum atomic E-state index is 10.9. The number of anilines is 1. The van der Waals surface area contributed by atoms with Crippen LogP contribution in [0, 0.1) is 0 Å². The maximum absolute atomic E-state index is 10.9. The van der Waals surface area contributed by atoms with Crippen molar-refractivity contribution in [2.45, 2.75) is 37.7 Å². The number of nitrogens with one attached hydrogen (secondary N) is 1. The fraction of sp³-hybridized carbons (Fsp3) is 0.538. The van der Waals surface area contributed by atoms with Crippen LogP contribution in [-0.2, 0) is 0 Å². The van der Waals surface area contributed by atoms with Crippen LogP contribution in [0.1, 0.15) is 42.5 Å². The third-order valence-electron chi connectivity index (χ3n) is 3.42. The van der Waals surface area contributed by atoms with Crippen molar-refractivity contribution in [2.24, 2.45) is 0 Å². The van der Waals surface area contributed by atoms with Gasteiger partial charge in [-0.2, -0.15) is 0 Å². The Balaban J connectivity index is 2.04. The number of carboxylic acids is 1. The van der Waals surface area contributed by atoms with Gasteiger partial charge in [-0.15, -0.1) is 0 Å². The lowest BCUT2D eigenvalue weighted by molar-refractivity contribution is 0.0166. The van der Waals surface area contributed by atoms with Gasteiger partial charge in [0, 0.05) is 6.54 Å². The molecule has 0 aliphatic heterocycles. The molecule has 0 unspecified atom stereocenters. The van der Waals surface area contributed by atoms with Crippen molar-refractivity contribution in [2.75, 3.05) is 11.9 Å². The number of pyridine rings is 1. The van der Waals surface area contributed by atoms with E-state index in [1.807, 2.05) is 0 Å². The Bertz CT molecular complexity index is 473. The average molecular weight is 285 g/mol. The number of halogens is 1. The van der Waals surface area contributed by atoms with E-state index >= 15 is 0 Å². The molecule has 6 heteroatoms. The normalized spacial score (nSPS) is 18.0. The summed E-state index contributed by atoms with van der Waals surface area (Å²) >= 11 is 5.77. The molecule has 0 aromatic carbocycles. The SMILES string of the molecule is O=C(O)c1cc(Cl)nc(NCC2(O)CCCCC2)c1. The lowest BCUT2D eigenvalue weighted by Gasteiger charge is -2.32. The number of nitrogens with zero attached hydrogens (tertiary/aromatic N) is 1. The highest BCUT2D eigenvalue weighted by atomic mass is 35.5. The summed E-state index contributed by atoms with van der Waals surface area (Å²) in [7, 11) is 0. The fourth-order valence-corrected chi connectivity index (χ4v) is 2.56. The van der Waals surface area contributed by atoms with Gasteiger partial charge in [-0.3, -0.25) is 0 Å². The molecule has 104 valence electrons. The number of aliphatic hydroxyl groups is 1. The van der Waals surface area contributed by atoms with E-state index in [0.29, 0.717) is 12.4 Å². The number of carboxylic acid groups (broad SMARTS) is 1. The van der Waals surface area contributed by atoms with Gasteiger partial charge in [0.05, 0.1) is 11.2 Å². The smallest absolute Gasteiger partial charge is 0.335 e. The lowest BCUT2D eigenvalue weighted by Crippen LogP contribution is -2.38. The third kappa shape index (κ3) is 3.81. The predicted octanol–water partition coefficient (Wildman–Crippen LogP) is 2.54. The van der Waals surface area contributed by atoms with Gasteiger partial charge in [0.1, 0.15) is 11.0 Å². The Hall–Kier alpha value is -1.33. The summed E-state index contributed by atoms with van der Waals surface area (Å²) in [6.45, 7) is 0.361. The number of hydrogen-bond acceptors (Lipinski definition) is 4. The number of hydrogen-bond donors (Lipinski definition) is 3. The Morgan fingerprint density at radius 3 is 2.68 bits per heavy atom. The summed E-state index contributed by atoms with van der Waals surface area (Å²) < 4.78 is 0. The van der Waals surface area contributed by atoms with Gasteiger partial charge < -0.3 is 15.5 Å². The zero-order chi connectivity index (χ0) is 13.9. The van der Waals surface area contributed by atoms with Crippen molar-refractivity contribution in [1.29, 1.82) is 0 Å². The van der Waals surface area contributed by atoms with Gasteiger partial charge in [0.2, 0.25) is 0 Å². The molecule has 2 rings (SSSR count). The van der Waals surface area contributed by atoms with E-state index in [1.54, 1.807) is 0 Å². The first kappa shape index (κ1) is 14.1. The van der Waals surface area contributed by atoms with Crippen LogP contribution < -0.4 is 5.32 Å². The minimum Gasteiger partial charge on any atom is -0.478 e. The zero-order valence-corrected chi connectivity index (χ0v) is 11.3. The maximum Gasteiger partial charge on any atom is 0.335 e. The van der Waals surface area contributed by atoms with E-state index in [2.05, 4.69) is 10.3 Å². The zero-order valence-electron chi connectivity index (χ0n) is 10.5. The van der Waals surface area contributed by atoms with E-state index in [0.717, 1.165) is 32.1 Å². The van der Waals surface area contributed by atoms with E-state index in [-0.39, 0.29) is 10.7 Å². The first-order valence-corrected chi connectivity index (χ1v) is 6.73. The highest BCUT2D eigenvalue weighted by molar-refractivity contribution is 6.29. The molecule has 1 heterocycles. The average Bonchev–Trinajstić information content (AvgIpc) is 2.37. The van der Waals surface area contributed by atoms with E-state index in [9.17, 15) is 9.90 Å². The molecule has 0 bridgehead atoms. The second kappa shape index (κ2) is 5.75. The molecule has 1 fully saturated rings. The molecule has 0 atom stereocenters. The minimum absolute atomic E-state index is 0.0816. The Morgan fingerprint density at radius 2 is 2.05 bits per heavy atom. The summed E-state index contributed by atoms with van der Waals surface area (Å²) in [5.41, 5.74) is -0.649. The summed E-state index contributed by atoms with van der Waals surface area (Å²) in [6, 6.07) is 2.71. The quantitative estimate of drug-likeness (QED) is 0.740. The highest BCUT2D eigenvalue weighted by Gasteiger charge is 2.28. The molecule has 0 spiro atoms. The molecule has 0 saturated heterocycles. The molecule has 1 aromatic rings. The Labute approximate surface area is 116 Å². The van der Waals surface area contributed by atoms with Crippen molar-refractivity contribution < 1.29 is 15.0 Å². The first-order chi connectivity index (χ1) is 8.98. The molecule has 1 aromatic heterocycles. The summed E-state index contributed by atoms with van der Waals surface area (Å²) in [6.07, 6.45) is 4.70. The summed E-state index contributed by atoms with van der Waals surface area (Å²) in [5, 5.41) is 22.4. The van der Waals surface area contributed by atoms with Gasteiger partial charge in [-0.05, 0) is 25.0 Å². The first-order valence-electron chi connectivity index (χ1n) is 6.36. The van der Waals surface area contributed by atoms with Crippen LogP contribution in [0.5, 0.6) is 0 Å². The van der Waals surface area contributed by atoms with Gasteiger partial charge >= 0.3 is 5.97 Å². The van der Waals surface area contributed by atoms with Crippen molar-refractivity contribution >= 4 is 23.4 Å². The molecular formula is C13H17ClN2O3. The van der Waals surface area contributed by atoms with Crippen LogP contribution in [0.4, 0.5) is 5.82 Å². The number of aromatic nitrogens is 1. The molecule has 0 radical (unpaired) electrons. The molecule has 3 N–H and O–H groups in total. The number of rotatable bonds is 4. The largest absolute Gasteiger partial charge is 0.478 e. The molecule has 1 aliphatic carbocycles. The van der Waals surface area contributed by atoms with Gasteiger partial charge in [0.15, 0.2) is 0 Å². The van der Waals surface area contributed by atoms with Crippen molar-refractivity contribution in [3.63, 3.8) is 0 Å². The Morgan fingerprint density at radius 1 is 1.37 bits per heavy atom. The van der Waals surface area contributed by atoms with Crippen molar-refractivity contribution in [3.05, 3.63) is 22.8 Å². The van der Waals surface area contributed by atoms with Crippen molar-refractivity contribution in [3.8, 4) is 0 Å². The van der Waals surface area contributed by atoms with Crippen LogP contribution in [0.2, 0.25) is 5.15 Å². The van der Waals surface area contributed by atoms with Crippen LogP contribution >= 0.6 is 11.6 Å². The van der Waals surface area contributed by atoms with E-state index in [1.165, 1.54) is 12.1 Å². The van der Waals surface area contributed by atoms with Crippen molar-refractivity contribution in [1.82, 2.24) is 4.98 Å². The molecule has 0 amide bonds. The predicted molar refractivity (Wildman–Crippen MR) is 72.7 cm³/mol. The van der Waals surface area contributed by atoms with Crippen LogP contribution in [0.15, 0.2) is 12.1 Å². The fourth-order valence-electron chi connectivity index (χ4n) is 2.35. The molecule has 19 heavy (non-hydrogen) atoms. The highest BCUT2D eigenvalue weighted by Crippen LogP contribution is 2.28. The van der Waals surface area contributed by atoms with Crippen LogP contribution in [0.25, 0.3) is 0 Å². The minimum atomic E-state index is -1.05. The molecule has 1 saturated carbocycles. The van der Waals surface area contributed by atoms with E-state index in [4.69, 9.17) is 16.7 Å². The molecule has 1 aliphatic rings. The van der Waals surface area contributed by atoms with Crippen LogP contribution in [-0.4, -0.2) is 33.3 Å². The third-order valence-corrected chi connectivity index (χ3v) is 3.62. The second-order valence-electron chi connectivity index (χ2n) is 5.01. The lowest BCUT2D eigenvalue weighted by atomic mass is 9.85. The monoisotopic (exact) mass is 284 g/mol. The van der Waals surface area contributed by atoms with Gasteiger partial charge in [-0.1, -0.05) is 30.9 Å². The Kier molecular flexibility index (Phi) is 4.27. The number of carbonyl (C=O) groups is 1. The van der Waals surface area contributed by atoms with Gasteiger partial charge in [0.25, 0.3) is 0 Å².